The van der Waals surface area contributed by atoms with E-state index in [1.165, 1.54) is 12.1 Å². The van der Waals surface area contributed by atoms with Gasteiger partial charge in [-0.3, -0.25) is 0 Å². The number of fused-ring (bicyclic) bond motifs is 1. The highest BCUT2D eigenvalue weighted by atomic mass is 16.5. The van der Waals surface area contributed by atoms with Crippen LogP contribution in [0, 0.1) is 6.92 Å². The molecule has 0 radical (unpaired) electrons. The smallest absolute Gasteiger partial charge is 0.335 e. The lowest BCUT2D eigenvalue weighted by Crippen LogP contribution is -2.07. The minimum absolute atomic E-state index is 0.147. The zero-order valence-corrected chi connectivity index (χ0v) is 10.9. The van der Waals surface area contributed by atoms with E-state index in [1.807, 2.05) is 19.9 Å². The van der Waals surface area contributed by atoms with E-state index in [0.717, 1.165) is 5.39 Å². The standard InChI is InChI=1S/C14H16O5/c1-3-17-4-5-18-12-7-10(14(15)16)8-13-11(12)6-9(2)19-13/h6-8H,3-5H2,1-2H3,(H,15,16). The van der Waals surface area contributed by atoms with Crippen LogP contribution in [0.1, 0.15) is 23.0 Å². The number of aryl methyl sites for hydroxylation is 1. The Hall–Kier alpha value is -2.01. The van der Waals surface area contributed by atoms with Crippen LogP contribution in [0.4, 0.5) is 0 Å². The van der Waals surface area contributed by atoms with Gasteiger partial charge in [-0.05, 0) is 32.0 Å². The van der Waals surface area contributed by atoms with E-state index in [4.69, 9.17) is 19.0 Å². The minimum Gasteiger partial charge on any atom is -0.490 e. The van der Waals surface area contributed by atoms with Crippen LogP contribution in [-0.4, -0.2) is 30.9 Å². The van der Waals surface area contributed by atoms with Gasteiger partial charge in [0, 0.05) is 6.61 Å². The van der Waals surface area contributed by atoms with Crippen molar-refractivity contribution in [1.29, 1.82) is 0 Å². The molecule has 0 unspecified atom stereocenters. The Morgan fingerprint density at radius 2 is 2.11 bits per heavy atom. The molecule has 0 saturated carbocycles. The van der Waals surface area contributed by atoms with Gasteiger partial charge in [0.1, 0.15) is 23.7 Å². The lowest BCUT2D eigenvalue weighted by atomic mass is 10.1. The molecule has 1 heterocycles. The van der Waals surface area contributed by atoms with Crippen LogP contribution in [-0.2, 0) is 4.74 Å². The summed E-state index contributed by atoms with van der Waals surface area (Å²) in [6.45, 7) is 5.17. The lowest BCUT2D eigenvalue weighted by Gasteiger charge is -2.08. The fourth-order valence-corrected chi connectivity index (χ4v) is 1.83. The predicted octanol–water partition coefficient (Wildman–Crippen LogP) is 2.85. The number of hydrogen-bond donors (Lipinski definition) is 1. The molecule has 2 aromatic rings. The summed E-state index contributed by atoms with van der Waals surface area (Å²) in [7, 11) is 0. The van der Waals surface area contributed by atoms with Gasteiger partial charge in [-0.25, -0.2) is 4.79 Å². The number of aromatic carboxylic acids is 1. The second-order valence-electron chi connectivity index (χ2n) is 4.09. The van der Waals surface area contributed by atoms with Gasteiger partial charge < -0.3 is 19.0 Å². The number of carbonyl (C=O) groups is 1. The van der Waals surface area contributed by atoms with Crippen molar-refractivity contribution in [1.82, 2.24) is 0 Å². The zero-order chi connectivity index (χ0) is 13.8. The maximum Gasteiger partial charge on any atom is 0.335 e. The van der Waals surface area contributed by atoms with E-state index < -0.39 is 5.97 Å². The summed E-state index contributed by atoms with van der Waals surface area (Å²) in [5.41, 5.74) is 0.664. The molecule has 0 saturated heterocycles. The van der Waals surface area contributed by atoms with E-state index in [1.54, 1.807) is 0 Å². The molecule has 5 heteroatoms. The summed E-state index contributed by atoms with van der Waals surface area (Å²) in [5.74, 6) is 0.212. The number of rotatable bonds is 6. The molecule has 102 valence electrons. The first-order valence-electron chi connectivity index (χ1n) is 6.10. The average molecular weight is 264 g/mol. The number of carboxylic acid groups (broad SMARTS) is 1. The summed E-state index contributed by atoms with van der Waals surface area (Å²) in [6, 6.07) is 4.84. The van der Waals surface area contributed by atoms with Crippen molar-refractivity contribution in [2.24, 2.45) is 0 Å². The molecule has 1 aromatic heterocycles. The van der Waals surface area contributed by atoms with E-state index >= 15 is 0 Å². The van der Waals surface area contributed by atoms with Crippen molar-refractivity contribution in [3.63, 3.8) is 0 Å². The Balaban J connectivity index is 2.30. The maximum absolute atomic E-state index is 11.1. The molecule has 1 aromatic carbocycles. The monoisotopic (exact) mass is 264 g/mol. The van der Waals surface area contributed by atoms with Crippen molar-refractivity contribution >= 4 is 16.9 Å². The topological polar surface area (TPSA) is 68.9 Å². The van der Waals surface area contributed by atoms with Crippen LogP contribution in [0.15, 0.2) is 22.6 Å². The van der Waals surface area contributed by atoms with Gasteiger partial charge in [-0.1, -0.05) is 0 Å². The molecule has 0 spiro atoms. The Bertz CT molecular complexity index is 585. The highest BCUT2D eigenvalue weighted by Gasteiger charge is 2.13. The molecule has 0 aliphatic carbocycles. The van der Waals surface area contributed by atoms with Crippen molar-refractivity contribution in [3.8, 4) is 5.75 Å². The number of benzene rings is 1. The SMILES string of the molecule is CCOCCOc1cc(C(=O)O)cc2oc(C)cc12. The first-order valence-corrected chi connectivity index (χ1v) is 6.10. The van der Waals surface area contributed by atoms with Crippen LogP contribution in [0.25, 0.3) is 11.0 Å². The third kappa shape index (κ3) is 3.06. The van der Waals surface area contributed by atoms with Crippen molar-refractivity contribution in [3.05, 3.63) is 29.5 Å². The molecule has 0 bridgehead atoms. The number of ether oxygens (including phenoxy) is 2. The quantitative estimate of drug-likeness (QED) is 0.812. The first-order chi connectivity index (χ1) is 9.11. The molecule has 2 rings (SSSR count). The highest BCUT2D eigenvalue weighted by molar-refractivity contribution is 5.95. The van der Waals surface area contributed by atoms with Crippen LogP contribution >= 0.6 is 0 Å². The Labute approximate surface area is 110 Å². The molecule has 0 fully saturated rings. The van der Waals surface area contributed by atoms with Gasteiger partial charge in [0.25, 0.3) is 0 Å². The number of carboxylic acids is 1. The van der Waals surface area contributed by atoms with Crippen LogP contribution in [0.3, 0.4) is 0 Å². The largest absolute Gasteiger partial charge is 0.490 e. The van der Waals surface area contributed by atoms with Gasteiger partial charge in [-0.15, -0.1) is 0 Å². The number of hydrogen-bond acceptors (Lipinski definition) is 4. The summed E-state index contributed by atoms with van der Waals surface area (Å²) >= 11 is 0. The van der Waals surface area contributed by atoms with Crippen molar-refractivity contribution in [2.45, 2.75) is 13.8 Å². The third-order valence-corrected chi connectivity index (χ3v) is 2.66. The normalized spacial score (nSPS) is 10.8. The summed E-state index contributed by atoms with van der Waals surface area (Å²) in [4.78, 5) is 11.1. The molecule has 0 aliphatic rings. The van der Waals surface area contributed by atoms with Gasteiger partial charge in [0.15, 0.2) is 0 Å². The lowest BCUT2D eigenvalue weighted by molar-refractivity contribution is 0.0696. The Kier molecular flexibility index (Phi) is 4.06. The van der Waals surface area contributed by atoms with Crippen LogP contribution in [0.2, 0.25) is 0 Å². The second-order valence-corrected chi connectivity index (χ2v) is 4.09. The Morgan fingerprint density at radius 1 is 1.32 bits per heavy atom. The fraction of sp³-hybridized carbons (Fsp3) is 0.357. The Morgan fingerprint density at radius 3 is 2.79 bits per heavy atom. The predicted molar refractivity (Wildman–Crippen MR) is 69.9 cm³/mol. The van der Waals surface area contributed by atoms with E-state index in [-0.39, 0.29) is 5.56 Å². The fourth-order valence-electron chi connectivity index (χ4n) is 1.83. The molecule has 0 amide bonds. The van der Waals surface area contributed by atoms with Gasteiger partial charge >= 0.3 is 5.97 Å². The zero-order valence-electron chi connectivity index (χ0n) is 10.9. The first kappa shape index (κ1) is 13.4. The van der Waals surface area contributed by atoms with Crippen molar-refractivity contribution in [2.75, 3.05) is 19.8 Å². The molecule has 1 N–H and O–H groups in total. The summed E-state index contributed by atoms with van der Waals surface area (Å²) in [6.07, 6.45) is 0. The van der Waals surface area contributed by atoms with E-state index in [2.05, 4.69) is 0 Å². The number of furan rings is 1. The highest BCUT2D eigenvalue weighted by Crippen LogP contribution is 2.30. The van der Waals surface area contributed by atoms with Gasteiger partial charge in [0.05, 0.1) is 17.6 Å². The van der Waals surface area contributed by atoms with Crippen molar-refractivity contribution < 1.29 is 23.8 Å². The molecule has 0 aliphatic heterocycles. The van der Waals surface area contributed by atoms with Crippen LogP contribution in [0.5, 0.6) is 5.75 Å². The van der Waals surface area contributed by atoms with E-state index in [0.29, 0.717) is 36.9 Å². The van der Waals surface area contributed by atoms with E-state index in [9.17, 15) is 4.79 Å². The molecule has 5 nitrogen and oxygen atoms in total. The second kappa shape index (κ2) is 5.75. The summed E-state index contributed by atoms with van der Waals surface area (Å²) < 4.78 is 16.2. The van der Waals surface area contributed by atoms with Gasteiger partial charge in [0.2, 0.25) is 0 Å². The molecular formula is C14H16O5. The maximum atomic E-state index is 11.1. The molecule has 19 heavy (non-hydrogen) atoms. The molecule has 0 atom stereocenters. The average Bonchev–Trinajstić information content (AvgIpc) is 2.74. The molecular weight excluding hydrogens is 248 g/mol. The van der Waals surface area contributed by atoms with Gasteiger partial charge in [-0.2, -0.15) is 0 Å². The third-order valence-electron chi connectivity index (χ3n) is 2.66. The minimum atomic E-state index is -1.01. The van der Waals surface area contributed by atoms with Crippen LogP contribution < -0.4 is 4.74 Å². The summed E-state index contributed by atoms with van der Waals surface area (Å²) in [5, 5.41) is 9.84.